The smallest absolute Gasteiger partial charge is 0.267 e. The quantitative estimate of drug-likeness (QED) is 0.651. The average molecular weight is 362 g/mol. The molecule has 0 fully saturated rings. The molecule has 5 heteroatoms. The second-order valence-electron chi connectivity index (χ2n) is 6.98. The minimum Gasteiger partial charge on any atom is -0.493 e. The number of thioether (sulfide) groups is 1. The van der Waals surface area contributed by atoms with Crippen molar-refractivity contribution in [1.82, 2.24) is 4.90 Å². The van der Waals surface area contributed by atoms with Gasteiger partial charge in [0.25, 0.3) is 11.8 Å². The maximum Gasteiger partial charge on any atom is 0.267 e. The summed E-state index contributed by atoms with van der Waals surface area (Å²) in [4.78, 5) is 27.4. The first-order chi connectivity index (χ1) is 11.8. The molecule has 2 rings (SSSR count). The third-order valence-electron chi connectivity index (χ3n) is 3.69. The Balaban J connectivity index is 2.30. The Morgan fingerprint density at radius 2 is 1.64 bits per heavy atom. The lowest BCUT2D eigenvalue weighted by atomic mass is 10.1. The average Bonchev–Trinajstić information content (AvgIpc) is 2.78. The molecule has 0 aromatic heterocycles. The largest absolute Gasteiger partial charge is 0.493 e. The summed E-state index contributed by atoms with van der Waals surface area (Å²) < 4.78 is 5.70. The van der Waals surface area contributed by atoms with Crippen molar-refractivity contribution in [3.05, 3.63) is 34.7 Å². The van der Waals surface area contributed by atoms with E-state index in [-0.39, 0.29) is 17.7 Å². The molecule has 1 heterocycles. The normalized spacial score (nSPS) is 15.1. The molecule has 0 bridgehead atoms. The van der Waals surface area contributed by atoms with Crippen LogP contribution in [0.15, 0.2) is 29.2 Å². The van der Waals surface area contributed by atoms with Gasteiger partial charge in [-0.3, -0.25) is 14.5 Å². The second kappa shape index (κ2) is 8.56. The standard InChI is InChI=1S/C20H27NO3S/c1-6-25-18-17(19(22)21(20(18)23)11-13(2)3)15-7-9-16(10-8-15)24-12-14(4)5/h7-10,13-14H,6,11-12H2,1-5H3. The summed E-state index contributed by atoms with van der Waals surface area (Å²) in [5.74, 6) is 1.87. The van der Waals surface area contributed by atoms with Crippen LogP contribution in [0.1, 0.15) is 40.2 Å². The molecule has 0 spiro atoms. The summed E-state index contributed by atoms with van der Waals surface area (Å²) in [6.07, 6.45) is 0. The minimum absolute atomic E-state index is 0.166. The van der Waals surface area contributed by atoms with E-state index in [1.807, 2.05) is 45.0 Å². The number of amides is 2. The van der Waals surface area contributed by atoms with Gasteiger partial charge in [0, 0.05) is 6.54 Å². The maximum absolute atomic E-state index is 12.8. The molecule has 25 heavy (non-hydrogen) atoms. The van der Waals surface area contributed by atoms with Crippen LogP contribution in [0.5, 0.6) is 5.75 Å². The van der Waals surface area contributed by atoms with Crippen LogP contribution in [0, 0.1) is 11.8 Å². The van der Waals surface area contributed by atoms with E-state index >= 15 is 0 Å². The maximum atomic E-state index is 12.8. The van der Waals surface area contributed by atoms with Gasteiger partial charge in [-0.05, 0) is 35.3 Å². The van der Waals surface area contributed by atoms with Gasteiger partial charge in [0.05, 0.1) is 17.1 Å². The molecule has 1 aliphatic heterocycles. The lowest BCUT2D eigenvalue weighted by Crippen LogP contribution is -2.34. The lowest BCUT2D eigenvalue weighted by Gasteiger charge is -2.17. The first kappa shape index (κ1) is 19.6. The molecule has 0 atom stereocenters. The zero-order chi connectivity index (χ0) is 18.6. The highest BCUT2D eigenvalue weighted by Crippen LogP contribution is 2.36. The van der Waals surface area contributed by atoms with Crippen molar-refractivity contribution in [1.29, 1.82) is 0 Å². The highest BCUT2D eigenvalue weighted by Gasteiger charge is 2.38. The summed E-state index contributed by atoms with van der Waals surface area (Å²) in [5.41, 5.74) is 1.30. The summed E-state index contributed by atoms with van der Waals surface area (Å²) in [6, 6.07) is 7.46. The highest BCUT2D eigenvalue weighted by molar-refractivity contribution is 8.04. The molecule has 1 aromatic rings. The third kappa shape index (κ3) is 4.66. The van der Waals surface area contributed by atoms with Crippen molar-refractivity contribution in [3.8, 4) is 5.75 Å². The van der Waals surface area contributed by atoms with Gasteiger partial charge >= 0.3 is 0 Å². The van der Waals surface area contributed by atoms with E-state index in [1.165, 1.54) is 16.7 Å². The fraction of sp³-hybridized carbons (Fsp3) is 0.500. The van der Waals surface area contributed by atoms with Crippen molar-refractivity contribution in [2.45, 2.75) is 34.6 Å². The first-order valence-corrected chi connectivity index (χ1v) is 9.80. The first-order valence-electron chi connectivity index (χ1n) is 8.81. The van der Waals surface area contributed by atoms with Crippen LogP contribution in [0.25, 0.3) is 5.57 Å². The van der Waals surface area contributed by atoms with Gasteiger partial charge in [-0.15, -0.1) is 11.8 Å². The van der Waals surface area contributed by atoms with Gasteiger partial charge < -0.3 is 4.74 Å². The molecule has 0 aliphatic carbocycles. The number of carbonyl (C=O) groups is 2. The van der Waals surface area contributed by atoms with Crippen molar-refractivity contribution >= 4 is 29.1 Å². The van der Waals surface area contributed by atoms with E-state index in [0.29, 0.717) is 29.5 Å². The van der Waals surface area contributed by atoms with E-state index < -0.39 is 0 Å². The molecule has 1 aliphatic rings. The zero-order valence-electron chi connectivity index (χ0n) is 15.7. The molecular weight excluding hydrogens is 334 g/mol. The van der Waals surface area contributed by atoms with Crippen LogP contribution in [0.3, 0.4) is 0 Å². The van der Waals surface area contributed by atoms with Crippen molar-refractivity contribution in [2.75, 3.05) is 18.9 Å². The summed E-state index contributed by atoms with van der Waals surface area (Å²) in [6.45, 7) is 11.3. The number of carbonyl (C=O) groups excluding carboxylic acids is 2. The van der Waals surface area contributed by atoms with Crippen LogP contribution in [0.4, 0.5) is 0 Å². The molecule has 0 unspecified atom stereocenters. The van der Waals surface area contributed by atoms with Gasteiger partial charge in [0.15, 0.2) is 0 Å². The predicted molar refractivity (Wildman–Crippen MR) is 103 cm³/mol. The number of hydrogen-bond donors (Lipinski definition) is 0. The summed E-state index contributed by atoms with van der Waals surface area (Å²) in [5, 5.41) is 0. The summed E-state index contributed by atoms with van der Waals surface area (Å²) >= 11 is 1.44. The molecule has 2 amide bonds. The molecule has 0 saturated heterocycles. The van der Waals surface area contributed by atoms with Crippen molar-refractivity contribution < 1.29 is 14.3 Å². The van der Waals surface area contributed by atoms with E-state index in [1.54, 1.807) is 0 Å². The van der Waals surface area contributed by atoms with Gasteiger partial charge in [-0.25, -0.2) is 0 Å². The van der Waals surface area contributed by atoms with E-state index in [9.17, 15) is 9.59 Å². The Kier molecular flexibility index (Phi) is 6.71. The summed E-state index contributed by atoms with van der Waals surface area (Å²) in [7, 11) is 0. The second-order valence-corrected chi connectivity index (χ2v) is 8.26. The van der Waals surface area contributed by atoms with Crippen molar-refractivity contribution in [3.63, 3.8) is 0 Å². The van der Waals surface area contributed by atoms with Crippen LogP contribution in [0.2, 0.25) is 0 Å². The van der Waals surface area contributed by atoms with E-state index in [4.69, 9.17) is 4.74 Å². The van der Waals surface area contributed by atoms with Crippen LogP contribution in [-0.4, -0.2) is 35.6 Å². The number of hydrogen-bond acceptors (Lipinski definition) is 4. The van der Waals surface area contributed by atoms with Crippen LogP contribution in [-0.2, 0) is 9.59 Å². The molecule has 0 N–H and O–H groups in total. The number of ether oxygens (including phenoxy) is 1. The Hall–Kier alpha value is -1.75. The highest BCUT2D eigenvalue weighted by atomic mass is 32.2. The third-order valence-corrected chi connectivity index (χ3v) is 4.64. The van der Waals surface area contributed by atoms with Crippen LogP contribution >= 0.6 is 11.8 Å². The molecule has 4 nitrogen and oxygen atoms in total. The lowest BCUT2D eigenvalue weighted by molar-refractivity contribution is -0.137. The predicted octanol–water partition coefficient (Wildman–Crippen LogP) is 4.21. The number of benzene rings is 1. The number of rotatable bonds is 8. The molecule has 0 saturated carbocycles. The fourth-order valence-electron chi connectivity index (χ4n) is 2.60. The SMILES string of the molecule is CCSC1=C(c2ccc(OCC(C)C)cc2)C(=O)N(CC(C)C)C1=O. The number of imide groups is 1. The van der Waals surface area contributed by atoms with E-state index in [2.05, 4.69) is 13.8 Å². The van der Waals surface area contributed by atoms with Gasteiger partial charge in [-0.1, -0.05) is 46.8 Å². The monoisotopic (exact) mass is 361 g/mol. The van der Waals surface area contributed by atoms with Crippen LogP contribution < -0.4 is 4.74 Å². The topological polar surface area (TPSA) is 46.6 Å². The Morgan fingerprint density at radius 1 is 1.00 bits per heavy atom. The molecule has 0 radical (unpaired) electrons. The molecule has 136 valence electrons. The van der Waals surface area contributed by atoms with Crippen molar-refractivity contribution in [2.24, 2.45) is 11.8 Å². The zero-order valence-corrected chi connectivity index (χ0v) is 16.5. The fourth-order valence-corrected chi connectivity index (χ4v) is 3.47. The molecular formula is C20H27NO3S. The van der Waals surface area contributed by atoms with Gasteiger partial charge in [-0.2, -0.15) is 0 Å². The minimum atomic E-state index is -0.189. The number of nitrogens with zero attached hydrogens (tertiary/aromatic N) is 1. The van der Waals surface area contributed by atoms with Gasteiger partial charge in [0.1, 0.15) is 5.75 Å². The Labute approximate surface area is 154 Å². The Bertz CT molecular complexity index is 662. The van der Waals surface area contributed by atoms with E-state index in [0.717, 1.165) is 17.1 Å². The van der Waals surface area contributed by atoms with Gasteiger partial charge in [0.2, 0.25) is 0 Å². The Morgan fingerprint density at radius 3 is 2.16 bits per heavy atom. The molecule has 1 aromatic carbocycles.